The van der Waals surface area contributed by atoms with Gasteiger partial charge in [0.05, 0.1) is 0 Å². The Labute approximate surface area is 127 Å². The highest BCUT2D eigenvalue weighted by Gasteiger charge is 2.27. The van der Waals surface area contributed by atoms with Gasteiger partial charge in [0.25, 0.3) is 0 Å². The molecule has 4 nitrogen and oxygen atoms in total. The minimum Gasteiger partial charge on any atom is -0.491 e. The Morgan fingerprint density at radius 1 is 1.29 bits per heavy atom. The molecule has 0 radical (unpaired) electrons. The zero-order valence-corrected chi connectivity index (χ0v) is 13.1. The number of aryl methyl sites for hydroxylation is 1. The maximum Gasteiger partial charge on any atom is 0.119 e. The summed E-state index contributed by atoms with van der Waals surface area (Å²) >= 11 is 0. The first-order chi connectivity index (χ1) is 10.1. The largest absolute Gasteiger partial charge is 0.491 e. The second kappa shape index (κ2) is 7.78. The van der Waals surface area contributed by atoms with Crippen LogP contribution in [0.4, 0.5) is 0 Å². The molecule has 1 unspecified atom stereocenters. The topological polar surface area (TPSA) is 50.7 Å². The van der Waals surface area contributed by atoms with E-state index in [0.29, 0.717) is 13.2 Å². The van der Waals surface area contributed by atoms with Crippen LogP contribution in [0.2, 0.25) is 0 Å². The second-order valence-electron chi connectivity index (χ2n) is 6.02. The molecular formula is C17H27NO3. The van der Waals surface area contributed by atoms with Gasteiger partial charge in [-0.3, -0.25) is 0 Å². The summed E-state index contributed by atoms with van der Waals surface area (Å²) in [6, 6.07) is 8.03. The van der Waals surface area contributed by atoms with E-state index in [1.807, 2.05) is 12.1 Å². The second-order valence-corrected chi connectivity index (χ2v) is 6.02. The van der Waals surface area contributed by atoms with E-state index in [0.717, 1.165) is 38.2 Å². The Balaban J connectivity index is 1.70. The zero-order valence-electron chi connectivity index (χ0n) is 13.1. The van der Waals surface area contributed by atoms with E-state index in [9.17, 15) is 5.11 Å². The number of rotatable bonds is 7. The fourth-order valence-corrected chi connectivity index (χ4v) is 2.44. The normalized spacial score (nSPS) is 19.2. The molecule has 0 bridgehead atoms. The van der Waals surface area contributed by atoms with Crippen LogP contribution >= 0.6 is 0 Å². The summed E-state index contributed by atoms with van der Waals surface area (Å²) in [4.78, 5) is 0. The van der Waals surface area contributed by atoms with Gasteiger partial charge in [-0.25, -0.2) is 0 Å². The molecule has 1 aliphatic rings. The minimum atomic E-state index is -0.504. The smallest absolute Gasteiger partial charge is 0.119 e. The summed E-state index contributed by atoms with van der Waals surface area (Å²) in [7, 11) is 0. The fourth-order valence-electron chi connectivity index (χ4n) is 2.44. The maximum atomic E-state index is 10.0. The van der Waals surface area contributed by atoms with Crippen molar-refractivity contribution in [3.63, 3.8) is 0 Å². The molecule has 0 aromatic heterocycles. The first kappa shape index (κ1) is 16.3. The fraction of sp³-hybridized carbons (Fsp3) is 0.647. The van der Waals surface area contributed by atoms with Crippen molar-refractivity contribution in [2.24, 2.45) is 0 Å². The molecule has 0 spiro atoms. The summed E-state index contributed by atoms with van der Waals surface area (Å²) in [5.74, 6) is 0.809. The molecule has 0 amide bonds. The third-order valence-electron chi connectivity index (χ3n) is 4.13. The van der Waals surface area contributed by atoms with Crippen LogP contribution in [0, 0.1) is 0 Å². The van der Waals surface area contributed by atoms with Crippen LogP contribution in [-0.4, -0.2) is 43.1 Å². The lowest BCUT2D eigenvalue weighted by Gasteiger charge is -2.35. The molecule has 1 aromatic carbocycles. The standard InChI is InChI=1S/C17H27NO3/c1-3-14-4-6-16(7-5-14)21-13-15(19)12-18-17(2)8-10-20-11-9-17/h4-7,15,18-19H,3,8-13H2,1-2H3. The van der Waals surface area contributed by atoms with Crippen molar-refractivity contribution < 1.29 is 14.6 Å². The van der Waals surface area contributed by atoms with Gasteiger partial charge in [0, 0.05) is 25.3 Å². The molecule has 2 N–H and O–H groups in total. The Morgan fingerprint density at radius 3 is 2.57 bits per heavy atom. The summed E-state index contributed by atoms with van der Waals surface area (Å²) in [5.41, 5.74) is 1.36. The number of benzene rings is 1. The van der Waals surface area contributed by atoms with E-state index in [2.05, 4.69) is 31.3 Å². The molecule has 2 rings (SSSR count). The van der Waals surface area contributed by atoms with Crippen LogP contribution in [0.15, 0.2) is 24.3 Å². The van der Waals surface area contributed by atoms with Crippen LogP contribution in [0.1, 0.15) is 32.3 Å². The average molecular weight is 293 g/mol. The van der Waals surface area contributed by atoms with Crippen LogP contribution in [0.3, 0.4) is 0 Å². The first-order valence-electron chi connectivity index (χ1n) is 7.84. The Hall–Kier alpha value is -1.10. The number of aliphatic hydroxyl groups is 1. The predicted molar refractivity (Wildman–Crippen MR) is 83.8 cm³/mol. The van der Waals surface area contributed by atoms with E-state index in [1.165, 1.54) is 5.56 Å². The van der Waals surface area contributed by atoms with E-state index in [-0.39, 0.29) is 5.54 Å². The van der Waals surface area contributed by atoms with Crippen molar-refractivity contribution in [1.82, 2.24) is 5.32 Å². The molecule has 1 aromatic rings. The number of hydrogen-bond donors (Lipinski definition) is 2. The SMILES string of the molecule is CCc1ccc(OCC(O)CNC2(C)CCOCC2)cc1. The minimum absolute atomic E-state index is 0.0714. The molecule has 1 saturated heterocycles. The van der Waals surface area contributed by atoms with E-state index in [1.54, 1.807) is 0 Å². The molecule has 1 heterocycles. The van der Waals surface area contributed by atoms with Crippen molar-refractivity contribution in [2.75, 3.05) is 26.4 Å². The van der Waals surface area contributed by atoms with E-state index < -0.39 is 6.10 Å². The van der Waals surface area contributed by atoms with Gasteiger partial charge in [0.1, 0.15) is 18.5 Å². The van der Waals surface area contributed by atoms with Gasteiger partial charge < -0.3 is 19.9 Å². The van der Waals surface area contributed by atoms with Gasteiger partial charge in [-0.15, -0.1) is 0 Å². The number of hydrogen-bond acceptors (Lipinski definition) is 4. The Kier molecular flexibility index (Phi) is 6.03. The molecule has 1 aliphatic heterocycles. The van der Waals surface area contributed by atoms with Crippen LogP contribution in [0.5, 0.6) is 5.75 Å². The molecule has 0 aliphatic carbocycles. The third-order valence-corrected chi connectivity index (χ3v) is 4.13. The summed E-state index contributed by atoms with van der Waals surface area (Å²) in [6.45, 7) is 6.75. The van der Waals surface area contributed by atoms with Crippen molar-refractivity contribution in [2.45, 2.75) is 44.8 Å². The molecule has 0 saturated carbocycles. The van der Waals surface area contributed by atoms with Crippen molar-refractivity contribution in [3.8, 4) is 5.75 Å². The van der Waals surface area contributed by atoms with E-state index in [4.69, 9.17) is 9.47 Å². The monoisotopic (exact) mass is 293 g/mol. The van der Waals surface area contributed by atoms with Gasteiger partial charge in [-0.1, -0.05) is 19.1 Å². The summed E-state index contributed by atoms with van der Waals surface area (Å²) < 4.78 is 11.0. The number of aliphatic hydroxyl groups excluding tert-OH is 1. The molecular weight excluding hydrogens is 266 g/mol. The molecule has 1 atom stereocenters. The third kappa shape index (κ3) is 5.30. The number of ether oxygens (including phenoxy) is 2. The average Bonchev–Trinajstić information content (AvgIpc) is 2.52. The van der Waals surface area contributed by atoms with Crippen LogP contribution < -0.4 is 10.1 Å². The maximum absolute atomic E-state index is 10.0. The molecule has 118 valence electrons. The lowest BCUT2D eigenvalue weighted by molar-refractivity contribution is 0.0342. The zero-order chi connectivity index (χ0) is 15.1. The summed E-state index contributed by atoms with van der Waals surface area (Å²) in [5, 5.41) is 13.5. The highest BCUT2D eigenvalue weighted by molar-refractivity contribution is 5.27. The van der Waals surface area contributed by atoms with Crippen molar-refractivity contribution >= 4 is 0 Å². The molecule has 21 heavy (non-hydrogen) atoms. The predicted octanol–water partition coefficient (Wildman–Crippen LogP) is 2.15. The van der Waals surface area contributed by atoms with Gasteiger partial charge in [-0.2, -0.15) is 0 Å². The highest BCUT2D eigenvalue weighted by atomic mass is 16.5. The first-order valence-corrected chi connectivity index (χ1v) is 7.84. The van der Waals surface area contributed by atoms with Crippen molar-refractivity contribution in [3.05, 3.63) is 29.8 Å². The quantitative estimate of drug-likeness (QED) is 0.809. The lowest BCUT2D eigenvalue weighted by Crippen LogP contribution is -2.50. The van der Waals surface area contributed by atoms with Crippen molar-refractivity contribution in [1.29, 1.82) is 0 Å². The van der Waals surface area contributed by atoms with Gasteiger partial charge >= 0.3 is 0 Å². The lowest BCUT2D eigenvalue weighted by atomic mass is 9.92. The van der Waals surface area contributed by atoms with E-state index >= 15 is 0 Å². The van der Waals surface area contributed by atoms with Gasteiger partial charge in [0.2, 0.25) is 0 Å². The Bertz CT molecular complexity index is 413. The number of β-amino-alcohol motifs (C(OH)–C–C–N with tert-alkyl or cyclic N) is 1. The van der Waals surface area contributed by atoms with Gasteiger partial charge in [0.15, 0.2) is 0 Å². The Morgan fingerprint density at radius 2 is 1.95 bits per heavy atom. The summed E-state index contributed by atoms with van der Waals surface area (Å²) in [6.07, 6.45) is 2.49. The molecule has 4 heteroatoms. The van der Waals surface area contributed by atoms with Gasteiger partial charge in [-0.05, 0) is 43.9 Å². The number of nitrogens with one attached hydrogen (secondary N) is 1. The highest BCUT2D eigenvalue weighted by Crippen LogP contribution is 2.19. The molecule has 1 fully saturated rings. The van der Waals surface area contributed by atoms with Crippen LogP contribution in [-0.2, 0) is 11.2 Å². The van der Waals surface area contributed by atoms with Crippen LogP contribution in [0.25, 0.3) is 0 Å².